The van der Waals surface area contributed by atoms with Gasteiger partial charge in [0.25, 0.3) is 0 Å². The molecule has 1 aliphatic rings. The van der Waals surface area contributed by atoms with Crippen molar-refractivity contribution in [1.82, 2.24) is 4.90 Å². The summed E-state index contributed by atoms with van der Waals surface area (Å²) in [4.78, 5) is 14.0. The van der Waals surface area contributed by atoms with E-state index in [1.807, 2.05) is 20.8 Å². The predicted molar refractivity (Wildman–Crippen MR) is 83.8 cm³/mol. The van der Waals surface area contributed by atoms with E-state index in [1.165, 1.54) is 0 Å². The van der Waals surface area contributed by atoms with Crippen LogP contribution in [0.2, 0.25) is 0 Å². The van der Waals surface area contributed by atoms with Crippen molar-refractivity contribution in [2.24, 2.45) is 0 Å². The maximum Gasteiger partial charge on any atom is 0.410 e. The molecule has 0 aromatic rings. The Morgan fingerprint density at radius 1 is 1.27 bits per heavy atom. The fraction of sp³-hybridized carbons (Fsp3) is 0.938. The monoisotopic (exact) mass is 317 g/mol. The van der Waals surface area contributed by atoms with Crippen molar-refractivity contribution in [3.8, 4) is 0 Å². The number of hydrogen-bond donors (Lipinski definition) is 0. The minimum absolute atomic E-state index is 0.274. The third kappa shape index (κ3) is 5.74. The van der Waals surface area contributed by atoms with Crippen LogP contribution in [0, 0.1) is 0 Å². The maximum atomic E-state index is 12.3. The van der Waals surface area contributed by atoms with Gasteiger partial charge in [-0.3, -0.25) is 0 Å². The smallest absolute Gasteiger partial charge is 0.410 e. The van der Waals surface area contributed by atoms with Crippen LogP contribution in [0.1, 0.15) is 47.0 Å². The quantitative estimate of drug-likeness (QED) is 0.705. The molecule has 22 heavy (non-hydrogen) atoms. The Bertz CT molecular complexity index is 351. The molecule has 0 aromatic heterocycles. The average molecular weight is 317 g/mol. The van der Waals surface area contributed by atoms with Crippen LogP contribution in [0.3, 0.4) is 0 Å². The fourth-order valence-electron chi connectivity index (χ4n) is 2.57. The van der Waals surface area contributed by atoms with Gasteiger partial charge in [0.05, 0.1) is 18.8 Å². The van der Waals surface area contributed by atoms with Crippen LogP contribution in [0.15, 0.2) is 0 Å². The molecule has 1 unspecified atom stereocenters. The first-order valence-corrected chi connectivity index (χ1v) is 7.93. The largest absolute Gasteiger partial charge is 0.444 e. The third-order valence-corrected chi connectivity index (χ3v) is 3.89. The second-order valence-corrected chi connectivity index (χ2v) is 6.75. The molecule has 0 aliphatic carbocycles. The zero-order chi connectivity index (χ0) is 16.8. The van der Waals surface area contributed by atoms with E-state index < -0.39 is 5.60 Å². The number of carbonyl (C=O) groups excluding carboxylic acids is 1. The van der Waals surface area contributed by atoms with E-state index in [-0.39, 0.29) is 18.0 Å². The van der Waals surface area contributed by atoms with Gasteiger partial charge in [-0.05, 0) is 40.0 Å². The van der Waals surface area contributed by atoms with Crippen LogP contribution in [0.4, 0.5) is 4.79 Å². The summed E-state index contributed by atoms with van der Waals surface area (Å²) in [7, 11) is 3.17. The van der Waals surface area contributed by atoms with Crippen molar-refractivity contribution < 1.29 is 23.7 Å². The van der Waals surface area contributed by atoms with Crippen molar-refractivity contribution >= 4 is 6.09 Å². The Kier molecular flexibility index (Phi) is 7.09. The molecule has 0 saturated carbocycles. The van der Waals surface area contributed by atoms with Gasteiger partial charge in [-0.25, -0.2) is 4.79 Å². The Hall–Kier alpha value is -0.850. The molecule has 0 spiro atoms. The van der Waals surface area contributed by atoms with Crippen LogP contribution >= 0.6 is 0 Å². The van der Waals surface area contributed by atoms with Crippen molar-refractivity contribution in [2.75, 3.05) is 33.9 Å². The summed E-state index contributed by atoms with van der Waals surface area (Å²) in [6.45, 7) is 9.30. The first-order valence-electron chi connectivity index (χ1n) is 7.93. The lowest BCUT2D eigenvalue weighted by Crippen LogP contribution is -2.53. The molecule has 1 saturated heterocycles. The van der Waals surface area contributed by atoms with Crippen LogP contribution < -0.4 is 0 Å². The normalized spacial score (nSPS) is 23.0. The van der Waals surface area contributed by atoms with Gasteiger partial charge in [-0.2, -0.15) is 0 Å². The summed E-state index contributed by atoms with van der Waals surface area (Å²) in [5.74, 6) is 0. The predicted octanol–water partition coefficient (Wildman–Crippen LogP) is 2.80. The molecule has 1 atom stereocenters. The lowest BCUT2D eigenvalue weighted by atomic mass is 9.90. The first-order chi connectivity index (χ1) is 10.2. The van der Waals surface area contributed by atoms with Crippen molar-refractivity contribution in [3.05, 3.63) is 0 Å². The second-order valence-electron chi connectivity index (χ2n) is 6.75. The van der Waals surface area contributed by atoms with Gasteiger partial charge < -0.3 is 23.8 Å². The van der Waals surface area contributed by atoms with Gasteiger partial charge >= 0.3 is 6.09 Å². The number of piperidine rings is 1. The summed E-state index contributed by atoms with van der Waals surface area (Å²) in [5.41, 5.74) is -0.841. The molecule has 1 amide bonds. The number of rotatable bonds is 6. The van der Waals surface area contributed by atoms with Crippen LogP contribution in [-0.2, 0) is 18.9 Å². The van der Waals surface area contributed by atoms with Crippen LogP contribution in [0.25, 0.3) is 0 Å². The summed E-state index contributed by atoms with van der Waals surface area (Å²) >= 11 is 0. The number of likely N-dealkylation sites (tertiary alicyclic amines) is 1. The summed E-state index contributed by atoms with van der Waals surface area (Å²) in [5, 5.41) is 0. The Morgan fingerprint density at radius 3 is 2.41 bits per heavy atom. The van der Waals surface area contributed by atoms with Gasteiger partial charge in [0, 0.05) is 20.8 Å². The van der Waals surface area contributed by atoms with E-state index in [0.717, 1.165) is 19.3 Å². The fourth-order valence-corrected chi connectivity index (χ4v) is 2.57. The zero-order valence-electron chi connectivity index (χ0n) is 14.8. The van der Waals surface area contributed by atoms with E-state index in [1.54, 1.807) is 19.1 Å². The maximum absolute atomic E-state index is 12.3. The molecule has 0 bridgehead atoms. The van der Waals surface area contributed by atoms with E-state index in [2.05, 4.69) is 6.92 Å². The Balaban J connectivity index is 2.66. The van der Waals surface area contributed by atoms with E-state index in [0.29, 0.717) is 19.7 Å². The molecule has 6 heteroatoms. The Labute approximate surface area is 134 Å². The molecule has 130 valence electrons. The van der Waals surface area contributed by atoms with Gasteiger partial charge in [0.1, 0.15) is 5.60 Å². The first kappa shape index (κ1) is 19.2. The SMILES string of the molecule is CCC1(OCC(OC)OC)CCCN(C(=O)OC(C)(C)C)C1. The molecule has 1 rings (SSSR count). The van der Waals surface area contributed by atoms with Crippen LogP contribution in [0.5, 0.6) is 0 Å². The summed E-state index contributed by atoms with van der Waals surface area (Å²) in [6, 6.07) is 0. The Morgan fingerprint density at radius 2 is 1.91 bits per heavy atom. The summed E-state index contributed by atoms with van der Waals surface area (Å²) < 4.78 is 21.9. The minimum Gasteiger partial charge on any atom is -0.444 e. The molecule has 0 N–H and O–H groups in total. The number of ether oxygens (including phenoxy) is 4. The highest BCUT2D eigenvalue weighted by Gasteiger charge is 2.38. The molecular weight excluding hydrogens is 286 g/mol. The number of methoxy groups -OCH3 is 2. The van der Waals surface area contributed by atoms with E-state index in [9.17, 15) is 4.79 Å². The van der Waals surface area contributed by atoms with Crippen LogP contribution in [-0.4, -0.2) is 62.4 Å². The highest BCUT2D eigenvalue weighted by Crippen LogP contribution is 2.29. The van der Waals surface area contributed by atoms with Gasteiger partial charge in [-0.1, -0.05) is 6.92 Å². The van der Waals surface area contributed by atoms with E-state index in [4.69, 9.17) is 18.9 Å². The van der Waals surface area contributed by atoms with E-state index >= 15 is 0 Å². The molecular formula is C16H31NO5. The number of hydrogen-bond acceptors (Lipinski definition) is 5. The van der Waals surface area contributed by atoms with Gasteiger partial charge in [0.15, 0.2) is 6.29 Å². The molecule has 1 fully saturated rings. The average Bonchev–Trinajstić information content (AvgIpc) is 2.47. The molecule has 1 aliphatic heterocycles. The van der Waals surface area contributed by atoms with Crippen molar-refractivity contribution in [1.29, 1.82) is 0 Å². The highest BCUT2D eigenvalue weighted by molar-refractivity contribution is 5.68. The lowest BCUT2D eigenvalue weighted by Gasteiger charge is -2.42. The molecule has 0 radical (unpaired) electrons. The third-order valence-electron chi connectivity index (χ3n) is 3.89. The topological polar surface area (TPSA) is 57.2 Å². The van der Waals surface area contributed by atoms with Gasteiger partial charge in [0.2, 0.25) is 0 Å². The molecule has 6 nitrogen and oxygen atoms in total. The highest BCUT2D eigenvalue weighted by atomic mass is 16.7. The second kappa shape index (κ2) is 8.13. The molecule has 1 heterocycles. The standard InChI is InChI=1S/C16H31NO5/c1-7-16(21-11-13(19-5)20-6)9-8-10-17(12-16)14(18)22-15(2,3)4/h13H,7-12H2,1-6H3. The number of amides is 1. The minimum atomic E-state index is -0.485. The van der Waals surface area contributed by atoms with Gasteiger partial charge in [-0.15, -0.1) is 0 Å². The summed E-state index contributed by atoms with van der Waals surface area (Å²) in [6.07, 6.45) is 1.98. The zero-order valence-corrected chi connectivity index (χ0v) is 14.8. The lowest BCUT2D eigenvalue weighted by molar-refractivity contribution is -0.184. The number of carbonyl (C=O) groups is 1. The molecule has 0 aromatic carbocycles. The van der Waals surface area contributed by atoms with Crippen molar-refractivity contribution in [2.45, 2.75) is 64.4 Å². The van der Waals surface area contributed by atoms with Crippen molar-refractivity contribution in [3.63, 3.8) is 0 Å². The number of nitrogens with zero attached hydrogens (tertiary/aromatic N) is 1.